The van der Waals surface area contributed by atoms with E-state index in [9.17, 15) is 18.0 Å². The van der Waals surface area contributed by atoms with Gasteiger partial charge in [0.1, 0.15) is 0 Å². The summed E-state index contributed by atoms with van der Waals surface area (Å²) in [5.74, 6) is -0.913. The topological polar surface area (TPSA) is 104 Å². The highest BCUT2D eigenvalue weighted by molar-refractivity contribution is 7.92. The summed E-state index contributed by atoms with van der Waals surface area (Å²) in [5.41, 5.74) is 1.01. The number of carbonyl (C=O) groups is 2. The predicted molar refractivity (Wildman–Crippen MR) is 98.8 cm³/mol. The van der Waals surface area contributed by atoms with Gasteiger partial charge in [0.15, 0.2) is 9.84 Å². The van der Waals surface area contributed by atoms with Gasteiger partial charge in [-0.15, -0.1) is 0 Å². The van der Waals surface area contributed by atoms with Crippen LogP contribution < -0.4 is 5.32 Å². The molecule has 0 radical (unpaired) electrons. The van der Waals surface area contributed by atoms with E-state index in [-0.39, 0.29) is 31.6 Å². The Balaban J connectivity index is 2.04. The summed E-state index contributed by atoms with van der Waals surface area (Å²) < 4.78 is 24.2. The van der Waals surface area contributed by atoms with Crippen molar-refractivity contribution in [3.8, 4) is 0 Å². The van der Waals surface area contributed by atoms with Gasteiger partial charge in [-0.1, -0.05) is 30.3 Å². The number of carbonyl (C=O) groups excluding carboxylic acids is 1. The zero-order valence-electron chi connectivity index (χ0n) is 15.1. The van der Waals surface area contributed by atoms with E-state index in [1.807, 2.05) is 30.3 Å². The van der Waals surface area contributed by atoms with Crippen LogP contribution >= 0.6 is 0 Å². The molecular weight excluding hydrogens is 356 g/mol. The van der Waals surface area contributed by atoms with Gasteiger partial charge in [-0.05, 0) is 32.3 Å². The standard InChI is InChI=1S/C18H26N2O5S/c1-13-11-20(12-14(2)26(13,24)25)18(23)19-16(8-9-17(21)22)10-15-6-4-3-5-7-15/h3-7,13-14,16H,8-12H2,1-2H3,(H,19,23)(H,21,22). The Bertz CT molecular complexity index is 717. The van der Waals surface area contributed by atoms with E-state index in [1.165, 1.54) is 4.90 Å². The number of nitrogens with zero attached hydrogens (tertiary/aromatic N) is 1. The van der Waals surface area contributed by atoms with Crippen LogP contribution in [0.25, 0.3) is 0 Å². The number of aliphatic carboxylic acids is 1. The van der Waals surface area contributed by atoms with E-state index >= 15 is 0 Å². The van der Waals surface area contributed by atoms with Crippen LogP contribution in [0, 0.1) is 0 Å². The van der Waals surface area contributed by atoms with Gasteiger partial charge in [0.05, 0.1) is 10.5 Å². The molecule has 2 rings (SSSR count). The van der Waals surface area contributed by atoms with Crippen LogP contribution in [0.15, 0.2) is 30.3 Å². The van der Waals surface area contributed by atoms with Gasteiger partial charge in [0, 0.05) is 25.6 Å². The summed E-state index contributed by atoms with van der Waals surface area (Å²) in [6.45, 7) is 3.51. The summed E-state index contributed by atoms with van der Waals surface area (Å²) in [6.07, 6.45) is 0.795. The van der Waals surface area contributed by atoms with Crippen LogP contribution in [-0.2, 0) is 21.1 Å². The van der Waals surface area contributed by atoms with Crippen molar-refractivity contribution in [2.45, 2.75) is 49.7 Å². The van der Waals surface area contributed by atoms with E-state index in [0.29, 0.717) is 12.8 Å². The fourth-order valence-corrected chi connectivity index (χ4v) is 4.72. The molecule has 1 saturated heterocycles. The van der Waals surface area contributed by atoms with Crippen LogP contribution in [-0.4, -0.2) is 60.1 Å². The van der Waals surface area contributed by atoms with E-state index in [2.05, 4.69) is 5.32 Å². The molecule has 2 amide bonds. The van der Waals surface area contributed by atoms with Crippen molar-refractivity contribution in [1.82, 2.24) is 10.2 Å². The fourth-order valence-electron chi connectivity index (χ4n) is 3.15. The molecular formula is C18H26N2O5S. The smallest absolute Gasteiger partial charge is 0.317 e. The minimum atomic E-state index is -3.20. The number of benzene rings is 1. The third kappa shape index (κ3) is 5.20. The highest BCUT2D eigenvalue weighted by atomic mass is 32.2. The second-order valence-electron chi connectivity index (χ2n) is 6.88. The Kier molecular flexibility index (Phi) is 6.63. The maximum Gasteiger partial charge on any atom is 0.317 e. The van der Waals surface area contributed by atoms with E-state index in [4.69, 9.17) is 5.11 Å². The highest BCUT2D eigenvalue weighted by Gasteiger charge is 2.37. The first-order chi connectivity index (χ1) is 12.2. The van der Waals surface area contributed by atoms with Gasteiger partial charge in [0.25, 0.3) is 0 Å². The molecule has 1 aliphatic rings. The zero-order chi connectivity index (χ0) is 19.3. The second-order valence-corrected chi connectivity index (χ2v) is 9.67. The van der Waals surface area contributed by atoms with Crippen molar-refractivity contribution < 1.29 is 23.1 Å². The Morgan fingerprint density at radius 3 is 2.31 bits per heavy atom. The van der Waals surface area contributed by atoms with Crippen molar-refractivity contribution in [2.24, 2.45) is 0 Å². The van der Waals surface area contributed by atoms with E-state index < -0.39 is 26.3 Å². The molecule has 3 atom stereocenters. The van der Waals surface area contributed by atoms with Crippen molar-refractivity contribution in [3.63, 3.8) is 0 Å². The maximum absolute atomic E-state index is 12.6. The maximum atomic E-state index is 12.6. The van der Waals surface area contributed by atoms with Crippen LogP contribution in [0.5, 0.6) is 0 Å². The van der Waals surface area contributed by atoms with Crippen molar-refractivity contribution in [3.05, 3.63) is 35.9 Å². The average molecular weight is 382 g/mol. The first kappa shape index (κ1) is 20.2. The lowest BCUT2D eigenvalue weighted by Crippen LogP contribution is -2.56. The highest BCUT2D eigenvalue weighted by Crippen LogP contribution is 2.19. The zero-order valence-corrected chi connectivity index (χ0v) is 15.9. The Morgan fingerprint density at radius 1 is 1.19 bits per heavy atom. The summed E-state index contributed by atoms with van der Waals surface area (Å²) in [6, 6.07) is 8.87. The van der Waals surface area contributed by atoms with Gasteiger partial charge in [-0.2, -0.15) is 0 Å². The molecule has 0 aromatic heterocycles. The van der Waals surface area contributed by atoms with Crippen LogP contribution in [0.2, 0.25) is 0 Å². The van der Waals surface area contributed by atoms with Gasteiger partial charge in [-0.3, -0.25) is 4.79 Å². The monoisotopic (exact) mass is 382 g/mol. The van der Waals surface area contributed by atoms with Crippen molar-refractivity contribution in [2.75, 3.05) is 13.1 Å². The summed E-state index contributed by atoms with van der Waals surface area (Å²) in [4.78, 5) is 25.0. The number of amides is 2. The molecule has 26 heavy (non-hydrogen) atoms. The fraction of sp³-hybridized carbons (Fsp3) is 0.556. The lowest BCUT2D eigenvalue weighted by atomic mass is 10.0. The molecule has 144 valence electrons. The average Bonchev–Trinajstić information content (AvgIpc) is 2.58. The number of carboxylic acid groups (broad SMARTS) is 1. The summed E-state index contributed by atoms with van der Waals surface area (Å²) in [5, 5.41) is 10.6. The molecule has 1 heterocycles. The largest absolute Gasteiger partial charge is 0.481 e. The predicted octanol–water partition coefficient (Wildman–Crippen LogP) is 1.68. The molecule has 0 spiro atoms. The van der Waals surface area contributed by atoms with Gasteiger partial charge >= 0.3 is 12.0 Å². The molecule has 0 bridgehead atoms. The third-order valence-corrected chi connectivity index (χ3v) is 7.26. The lowest BCUT2D eigenvalue weighted by molar-refractivity contribution is -0.137. The molecule has 7 nitrogen and oxygen atoms in total. The Morgan fingerprint density at radius 2 is 1.77 bits per heavy atom. The lowest BCUT2D eigenvalue weighted by Gasteiger charge is -2.35. The Labute approximate surface area is 154 Å². The summed E-state index contributed by atoms with van der Waals surface area (Å²) >= 11 is 0. The number of sulfone groups is 1. The molecule has 1 aliphatic heterocycles. The van der Waals surface area contributed by atoms with Gasteiger partial charge in [0.2, 0.25) is 0 Å². The van der Waals surface area contributed by atoms with Crippen LogP contribution in [0.3, 0.4) is 0 Å². The van der Waals surface area contributed by atoms with Crippen molar-refractivity contribution in [1.29, 1.82) is 0 Å². The Hall–Kier alpha value is -2.09. The molecule has 1 fully saturated rings. The van der Waals surface area contributed by atoms with Crippen LogP contribution in [0.1, 0.15) is 32.3 Å². The first-order valence-corrected chi connectivity index (χ1v) is 10.3. The normalized spacial score (nSPS) is 23.2. The first-order valence-electron chi connectivity index (χ1n) is 8.74. The molecule has 3 unspecified atom stereocenters. The van der Waals surface area contributed by atoms with Gasteiger partial charge < -0.3 is 15.3 Å². The number of nitrogens with one attached hydrogen (secondary N) is 1. The van der Waals surface area contributed by atoms with Crippen molar-refractivity contribution >= 4 is 21.8 Å². The molecule has 2 N–H and O–H groups in total. The van der Waals surface area contributed by atoms with E-state index in [0.717, 1.165) is 5.56 Å². The molecule has 1 aromatic rings. The number of rotatable bonds is 6. The number of hydrogen-bond donors (Lipinski definition) is 2. The summed E-state index contributed by atoms with van der Waals surface area (Å²) in [7, 11) is -3.20. The molecule has 8 heteroatoms. The molecule has 0 saturated carbocycles. The second kappa shape index (κ2) is 8.53. The number of carboxylic acids is 1. The quantitative estimate of drug-likeness (QED) is 0.779. The SMILES string of the molecule is CC1CN(C(=O)NC(CCC(=O)O)Cc2ccccc2)CC(C)S1(=O)=O. The van der Waals surface area contributed by atoms with Crippen LogP contribution in [0.4, 0.5) is 4.79 Å². The molecule has 0 aliphatic carbocycles. The van der Waals surface area contributed by atoms with E-state index in [1.54, 1.807) is 13.8 Å². The van der Waals surface area contributed by atoms with Gasteiger partial charge in [-0.25, -0.2) is 13.2 Å². The molecule has 1 aromatic carbocycles. The number of urea groups is 1. The minimum absolute atomic E-state index is 0.0427. The third-order valence-electron chi connectivity index (χ3n) is 4.72. The number of hydrogen-bond acceptors (Lipinski definition) is 4. The minimum Gasteiger partial charge on any atom is -0.481 e.